The number of hydrogen-bond acceptors (Lipinski definition) is 3. The maximum absolute atomic E-state index is 10.5. The highest BCUT2D eigenvalue weighted by Crippen LogP contribution is 2.42. The van der Waals surface area contributed by atoms with Gasteiger partial charge in [-0.2, -0.15) is 0 Å². The molecule has 92 valence electrons. The molecule has 1 saturated carbocycles. The summed E-state index contributed by atoms with van der Waals surface area (Å²) in [5.74, 6) is 0.697. The molecule has 0 radical (unpaired) electrons. The average Bonchev–Trinajstić information content (AvgIpc) is 2.29. The molecule has 0 aliphatic heterocycles. The predicted octanol–water partition coefficient (Wildman–Crippen LogP) is 3.54. The number of nitro groups is 1. The summed E-state index contributed by atoms with van der Waals surface area (Å²) < 4.78 is 5.69. The lowest BCUT2D eigenvalue weighted by molar-refractivity contribution is -0.384. The van der Waals surface area contributed by atoms with E-state index >= 15 is 0 Å². The smallest absolute Gasteiger partial charge is 0.269 e. The van der Waals surface area contributed by atoms with Gasteiger partial charge < -0.3 is 4.74 Å². The second kappa shape index (κ2) is 5.04. The molecular weight excluding hydrogens is 286 g/mol. The zero-order valence-corrected chi connectivity index (χ0v) is 11.0. The summed E-state index contributed by atoms with van der Waals surface area (Å²) in [4.78, 5) is 10.1. The van der Waals surface area contributed by atoms with E-state index in [0.717, 1.165) is 5.33 Å². The highest BCUT2D eigenvalue weighted by atomic mass is 79.9. The number of hydrogen-bond donors (Lipinski definition) is 0. The van der Waals surface area contributed by atoms with Gasteiger partial charge in [-0.25, -0.2) is 0 Å². The lowest BCUT2D eigenvalue weighted by Crippen LogP contribution is -2.37. The topological polar surface area (TPSA) is 52.4 Å². The van der Waals surface area contributed by atoms with Gasteiger partial charge in [-0.3, -0.25) is 10.1 Å². The molecule has 1 aromatic rings. The van der Waals surface area contributed by atoms with Gasteiger partial charge in [0.25, 0.3) is 5.69 Å². The molecule has 0 unspecified atom stereocenters. The van der Waals surface area contributed by atoms with Crippen LogP contribution in [0.1, 0.15) is 19.3 Å². The minimum absolute atomic E-state index is 0.0937. The van der Waals surface area contributed by atoms with Crippen LogP contribution in [-0.2, 0) is 0 Å². The van der Waals surface area contributed by atoms with Gasteiger partial charge in [0.2, 0.25) is 0 Å². The van der Waals surface area contributed by atoms with Crippen LogP contribution in [0.15, 0.2) is 24.3 Å². The van der Waals surface area contributed by atoms with Crippen LogP contribution < -0.4 is 4.74 Å². The van der Waals surface area contributed by atoms with Crippen LogP contribution in [0.3, 0.4) is 0 Å². The third kappa shape index (κ3) is 2.77. The average molecular weight is 300 g/mol. The molecule has 1 aliphatic rings. The number of halogens is 1. The van der Waals surface area contributed by atoms with Gasteiger partial charge in [-0.1, -0.05) is 22.4 Å². The van der Waals surface area contributed by atoms with Crippen LogP contribution in [0.25, 0.3) is 0 Å². The highest BCUT2D eigenvalue weighted by molar-refractivity contribution is 9.09. The molecule has 1 aliphatic carbocycles. The number of non-ortho nitro benzene ring substituents is 1. The molecule has 4 nitrogen and oxygen atoms in total. The van der Waals surface area contributed by atoms with Gasteiger partial charge >= 0.3 is 0 Å². The highest BCUT2D eigenvalue weighted by Gasteiger charge is 2.36. The first-order valence-electron chi connectivity index (χ1n) is 5.58. The van der Waals surface area contributed by atoms with E-state index in [1.165, 1.54) is 31.4 Å². The van der Waals surface area contributed by atoms with E-state index in [0.29, 0.717) is 12.4 Å². The summed E-state index contributed by atoms with van der Waals surface area (Å²) in [5.41, 5.74) is 0.359. The van der Waals surface area contributed by atoms with Crippen LogP contribution >= 0.6 is 15.9 Å². The molecule has 17 heavy (non-hydrogen) atoms. The first-order chi connectivity index (χ1) is 8.15. The molecule has 0 saturated heterocycles. The summed E-state index contributed by atoms with van der Waals surface area (Å²) in [7, 11) is 0. The van der Waals surface area contributed by atoms with Crippen molar-refractivity contribution in [3.05, 3.63) is 34.4 Å². The molecule has 5 heteroatoms. The van der Waals surface area contributed by atoms with Crippen molar-refractivity contribution < 1.29 is 9.66 Å². The number of benzene rings is 1. The molecule has 0 heterocycles. The zero-order chi connectivity index (χ0) is 12.3. The molecule has 0 aromatic heterocycles. The summed E-state index contributed by atoms with van der Waals surface area (Å²) >= 11 is 3.52. The zero-order valence-electron chi connectivity index (χ0n) is 9.39. The molecule has 0 bridgehead atoms. The van der Waals surface area contributed by atoms with E-state index in [9.17, 15) is 10.1 Å². The Balaban J connectivity index is 1.93. The Morgan fingerprint density at radius 3 is 2.41 bits per heavy atom. The second-order valence-electron chi connectivity index (χ2n) is 4.53. The van der Waals surface area contributed by atoms with E-state index in [1.54, 1.807) is 12.1 Å². The van der Waals surface area contributed by atoms with Crippen molar-refractivity contribution in [1.29, 1.82) is 0 Å². The van der Waals surface area contributed by atoms with Crippen molar-refractivity contribution >= 4 is 21.6 Å². The largest absolute Gasteiger partial charge is 0.493 e. The number of nitrogens with zero attached hydrogens (tertiary/aromatic N) is 1. The fourth-order valence-electron chi connectivity index (χ4n) is 1.89. The maximum Gasteiger partial charge on any atom is 0.269 e. The summed E-state index contributed by atoms with van der Waals surface area (Å²) in [5, 5.41) is 11.4. The fourth-order valence-corrected chi connectivity index (χ4v) is 2.62. The maximum atomic E-state index is 10.5. The molecule has 1 fully saturated rings. The van der Waals surface area contributed by atoms with E-state index in [-0.39, 0.29) is 11.1 Å². The molecule has 1 aromatic carbocycles. The predicted molar refractivity (Wildman–Crippen MR) is 68.7 cm³/mol. The van der Waals surface area contributed by atoms with E-state index in [1.807, 2.05) is 0 Å². The molecule has 0 spiro atoms. The Bertz CT molecular complexity index is 395. The Morgan fingerprint density at radius 2 is 2.00 bits per heavy atom. The Morgan fingerprint density at radius 1 is 1.35 bits per heavy atom. The van der Waals surface area contributed by atoms with Gasteiger partial charge in [-0.15, -0.1) is 0 Å². The van der Waals surface area contributed by atoms with Crippen LogP contribution in [0.4, 0.5) is 5.69 Å². The van der Waals surface area contributed by atoms with Crippen molar-refractivity contribution in [2.45, 2.75) is 19.3 Å². The minimum atomic E-state index is -0.407. The third-order valence-corrected chi connectivity index (χ3v) is 4.48. The number of alkyl halides is 1. The van der Waals surface area contributed by atoms with Crippen LogP contribution in [0, 0.1) is 15.5 Å². The SMILES string of the molecule is O=[N+]([O-])c1ccc(OCC2(CBr)CCC2)cc1. The quantitative estimate of drug-likeness (QED) is 0.475. The molecular formula is C12H14BrNO3. The molecule has 0 amide bonds. The molecule has 0 atom stereocenters. The normalized spacial score (nSPS) is 17.2. The standard InChI is InChI=1S/C12H14BrNO3/c13-8-12(6-1-7-12)9-17-11-4-2-10(3-5-11)14(15)16/h2-5H,1,6-9H2. The third-order valence-electron chi connectivity index (χ3n) is 3.29. The van der Waals surface area contributed by atoms with Crippen molar-refractivity contribution in [2.75, 3.05) is 11.9 Å². The summed E-state index contributed by atoms with van der Waals surface area (Å²) in [6.07, 6.45) is 3.63. The van der Waals surface area contributed by atoms with E-state index in [2.05, 4.69) is 15.9 Å². The van der Waals surface area contributed by atoms with Crippen molar-refractivity contribution in [2.24, 2.45) is 5.41 Å². The van der Waals surface area contributed by atoms with Crippen molar-refractivity contribution in [3.8, 4) is 5.75 Å². The van der Waals surface area contributed by atoms with Gasteiger partial charge in [0, 0.05) is 22.9 Å². The van der Waals surface area contributed by atoms with Crippen LogP contribution in [0.2, 0.25) is 0 Å². The van der Waals surface area contributed by atoms with Crippen molar-refractivity contribution in [3.63, 3.8) is 0 Å². The first-order valence-corrected chi connectivity index (χ1v) is 6.71. The second-order valence-corrected chi connectivity index (χ2v) is 5.09. The van der Waals surface area contributed by atoms with Crippen molar-refractivity contribution in [1.82, 2.24) is 0 Å². The Labute approximate surface area is 108 Å². The molecule has 2 rings (SSSR count). The van der Waals surface area contributed by atoms with E-state index < -0.39 is 4.92 Å². The number of rotatable bonds is 5. The van der Waals surface area contributed by atoms with E-state index in [4.69, 9.17) is 4.74 Å². The Hall–Kier alpha value is -1.10. The first kappa shape index (κ1) is 12.4. The molecule has 0 N–H and O–H groups in total. The lowest BCUT2D eigenvalue weighted by atomic mass is 9.71. The summed E-state index contributed by atoms with van der Waals surface area (Å²) in [6, 6.07) is 6.24. The monoisotopic (exact) mass is 299 g/mol. The van der Waals surface area contributed by atoms with Gasteiger partial charge in [-0.05, 0) is 25.0 Å². The van der Waals surface area contributed by atoms with Crippen LogP contribution in [-0.4, -0.2) is 16.9 Å². The number of nitro benzene ring substituents is 1. The number of ether oxygens (including phenoxy) is 1. The summed E-state index contributed by atoms with van der Waals surface area (Å²) in [6.45, 7) is 0.677. The fraction of sp³-hybridized carbons (Fsp3) is 0.500. The van der Waals surface area contributed by atoms with Gasteiger partial charge in [0.15, 0.2) is 0 Å². The van der Waals surface area contributed by atoms with Gasteiger partial charge in [0.1, 0.15) is 5.75 Å². The Kier molecular flexibility index (Phi) is 3.66. The van der Waals surface area contributed by atoms with Crippen LogP contribution in [0.5, 0.6) is 5.75 Å². The lowest BCUT2D eigenvalue weighted by Gasteiger charge is -2.39. The minimum Gasteiger partial charge on any atom is -0.493 e. The van der Waals surface area contributed by atoms with Gasteiger partial charge in [0.05, 0.1) is 11.5 Å².